The second kappa shape index (κ2) is 12.1. The molecule has 2 aromatic rings. The molecule has 12 atom stereocenters. The fraction of sp³-hybridized carbons (Fsp3) is 0.706. The van der Waals surface area contributed by atoms with Crippen LogP contribution in [-0.4, -0.2) is 133 Å². The van der Waals surface area contributed by atoms with Gasteiger partial charge >= 0.3 is 14.5 Å². The molecule has 4 rings (SSSR count). The lowest BCUT2D eigenvalue weighted by Crippen LogP contribution is -2.61. The largest absolute Gasteiger partial charge is 0.481 e. The lowest BCUT2D eigenvalue weighted by molar-refractivity contribution is -0.292. The zero-order valence-electron chi connectivity index (χ0n) is 20.0. The Morgan fingerprint density at radius 3 is 2.42 bits per heavy atom. The molecule has 2 fully saturated rings. The first kappa shape index (κ1) is 31.6. The molecule has 0 saturated carbocycles. The molecule has 2 aromatic heterocycles. The van der Waals surface area contributed by atoms with Crippen LogP contribution in [0.4, 0.5) is 5.82 Å². The minimum atomic E-state index is -5.45. The van der Waals surface area contributed by atoms with E-state index in [4.69, 9.17) is 36.6 Å². The Hall–Kier alpha value is -1.33. The van der Waals surface area contributed by atoms with Gasteiger partial charge in [0.25, 0.3) is 0 Å². The number of aliphatic hydroxyl groups is 7. The van der Waals surface area contributed by atoms with Crippen LogP contribution in [0.25, 0.3) is 11.2 Å². The number of phosphoric ester groups is 1. The van der Waals surface area contributed by atoms with E-state index in [2.05, 4.69) is 23.8 Å². The van der Waals surface area contributed by atoms with E-state index in [1.807, 2.05) is 0 Å². The van der Waals surface area contributed by atoms with Gasteiger partial charge in [0, 0.05) is 0 Å². The molecule has 11 N–H and O–H groups in total. The van der Waals surface area contributed by atoms with E-state index in [-0.39, 0.29) is 17.0 Å². The van der Waals surface area contributed by atoms with Crippen LogP contribution in [0.5, 0.6) is 0 Å². The Labute approximate surface area is 229 Å². The molecule has 20 nitrogen and oxygen atoms in total. The van der Waals surface area contributed by atoms with Gasteiger partial charge in [0.05, 0.1) is 19.5 Å². The average Bonchev–Trinajstić information content (AvgIpc) is 3.43. The van der Waals surface area contributed by atoms with Gasteiger partial charge in [-0.15, -0.1) is 0 Å². The summed E-state index contributed by atoms with van der Waals surface area (Å²) in [6.07, 6.45) is -15.2. The van der Waals surface area contributed by atoms with Gasteiger partial charge in [-0.25, -0.2) is 23.8 Å². The standard InChI is InChI=1S/C17H27N5O15P2S/c18-14-7-15(20-3-19-14)22(4-21-7)16-11(28)8(25)6(34-16)2-33-39(32,40)37-38(30,31)36-17-12(29)9(26)10(27)13(35-17)5(24)1-23/h3-6,8-13,16-17,23-29H,1-2H2,(H,30,31)(H,32,40)(H2,18,19,20)/t5-,6?,8?,9?,10?,11?,12?,13?,16?,17?,39?/m1/s1. The highest BCUT2D eigenvalue weighted by Gasteiger charge is 2.50. The molecular weight excluding hydrogens is 608 g/mol. The summed E-state index contributed by atoms with van der Waals surface area (Å²) in [6.45, 7) is -6.37. The summed E-state index contributed by atoms with van der Waals surface area (Å²) < 4.78 is 38.4. The molecule has 2 aliphatic heterocycles. The Kier molecular flexibility index (Phi) is 9.57. The van der Waals surface area contributed by atoms with Crippen molar-refractivity contribution >= 4 is 43.3 Å². The lowest BCUT2D eigenvalue weighted by Gasteiger charge is -2.41. The quantitative estimate of drug-likeness (QED) is 0.110. The number of rotatable bonds is 10. The lowest BCUT2D eigenvalue weighted by atomic mass is 9.96. The van der Waals surface area contributed by atoms with E-state index in [9.17, 15) is 45.0 Å². The van der Waals surface area contributed by atoms with Crippen molar-refractivity contribution in [1.82, 2.24) is 19.5 Å². The Morgan fingerprint density at radius 1 is 1.05 bits per heavy atom. The number of imidazole rings is 1. The maximum atomic E-state index is 12.5. The normalized spacial score (nSPS) is 36.8. The highest BCUT2D eigenvalue weighted by Crippen LogP contribution is 2.61. The van der Waals surface area contributed by atoms with E-state index >= 15 is 0 Å². The second-order valence-corrected chi connectivity index (χ2v) is 13.1. The molecule has 11 unspecified atom stereocenters. The molecular formula is C17H27N5O15P2S. The molecule has 23 heteroatoms. The van der Waals surface area contributed by atoms with E-state index in [1.54, 1.807) is 0 Å². The van der Waals surface area contributed by atoms with Crippen LogP contribution in [0.3, 0.4) is 0 Å². The zero-order chi connectivity index (χ0) is 29.6. The highest BCUT2D eigenvalue weighted by molar-refractivity contribution is 8.08. The van der Waals surface area contributed by atoms with Gasteiger partial charge in [0.2, 0.25) is 0 Å². The number of fused-ring (bicyclic) bond motifs is 1. The number of nitrogens with two attached hydrogens (primary N) is 1. The number of aromatic nitrogens is 4. The van der Waals surface area contributed by atoms with Crippen molar-refractivity contribution < 1.29 is 72.9 Å². The van der Waals surface area contributed by atoms with Crippen LogP contribution >= 0.6 is 14.5 Å². The molecule has 0 aliphatic carbocycles. The topological polar surface area (TPSA) is 315 Å². The monoisotopic (exact) mass is 635 g/mol. The number of ether oxygens (including phenoxy) is 2. The summed E-state index contributed by atoms with van der Waals surface area (Å²) in [7, 11) is -5.45. The molecule has 40 heavy (non-hydrogen) atoms. The van der Waals surface area contributed by atoms with Gasteiger partial charge in [-0.3, -0.25) is 9.09 Å². The van der Waals surface area contributed by atoms with Gasteiger partial charge in [-0.05, 0) is 11.8 Å². The van der Waals surface area contributed by atoms with Crippen molar-refractivity contribution in [1.29, 1.82) is 0 Å². The van der Waals surface area contributed by atoms with Crippen molar-refractivity contribution in [2.45, 2.75) is 61.3 Å². The number of aliphatic hydroxyl groups excluding tert-OH is 7. The first-order valence-corrected chi connectivity index (χ1v) is 15.4. The fourth-order valence-corrected chi connectivity index (χ4v) is 7.11. The molecule has 0 aromatic carbocycles. The predicted octanol–water partition coefficient (Wildman–Crippen LogP) is -4.44. The predicted molar refractivity (Wildman–Crippen MR) is 130 cm³/mol. The smallest absolute Gasteiger partial charge is 0.394 e. The SMILES string of the molecule is Nc1ncnc2c1ncn2C1OC(COP(O)(=S)OP(=O)(O)OC2OC([C@H](O)CO)C(O)C(O)C2O)C(O)C1O. The number of phosphoric acid groups is 1. The Morgan fingerprint density at radius 2 is 1.75 bits per heavy atom. The Balaban J connectivity index is 1.38. The van der Waals surface area contributed by atoms with Crippen LogP contribution in [0.1, 0.15) is 6.23 Å². The highest BCUT2D eigenvalue weighted by atomic mass is 32.5. The summed E-state index contributed by atoms with van der Waals surface area (Å²) in [5, 5.41) is 69.6. The van der Waals surface area contributed by atoms with Crippen molar-refractivity contribution in [3.63, 3.8) is 0 Å². The van der Waals surface area contributed by atoms with Crippen LogP contribution in [0.15, 0.2) is 12.7 Å². The fourth-order valence-electron chi connectivity index (χ4n) is 4.01. The molecule has 0 spiro atoms. The van der Waals surface area contributed by atoms with Crippen molar-refractivity contribution in [2.75, 3.05) is 18.9 Å². The average molecular weight is 635 g/mol. The summed E-state index contributed by atoms with van der Waals surface area (Å²) in [6, 6.07) is 0. The molecule has 0 radical (unpaired) electrons. The third-order valence-electron chi connectivity index (χ3n) is 6.02. The first-order chi connectivity index (χ1) is 18.7. The third-order valence-corrected chi connectivity index (χ3v) is 9.53. The summed E-state index contributed by atoms with van der Waals surface area (Å²) in [5.41, 5.74) is 6.12. The summed E-state index contributed by atoms with van der Waals surface area (Å²) in [5.74, 6) is 0.0577. The number of nitrogens with zero attached hydrogens (tertiary/aromatic N) is 4. The van der Waals surface area contributed by atoms with Gasteiger partial charge in [0.15, 0.2) is 24.0 Å². The minimum Gasteiger partial charge on any atom is -0.394 e. The number of anilines is 1. The maximum absolute atomic E-state index is 12.5. The van der Waals surface area contributed by atoms with Crippen LogP contribution < -0.4 is 5.73 Å². The van der Waals surface area contributed by atoms with Crippen LogP contribution in [-0.2, 0) is 39.2 Å². The van der Waals surface area contributed by atoms with Crippen molar-refractivity contribution in [3.05, 3.63) is 12.7 Å². The molecule has 0 amide bonds. The van der Waals surface area contributed by atoms with Crippen molar-refractivity contribution in [2.24, 2.45) is 0 Å². The van der Waals surface area contributed by atoms with Crippen LogP contribution in [0.2, 0.25) is 0 Å². The summed E-state index contributed by atoms with van der Waals surface area (Å²) in [4.78, 5) is 32.2. The number of hydrogen-bond acceptors (Lipinski definition) is 18. The van der Waals surface area contributed by atoms with Gasteiger partial charge in [-0.1, -0.05) is 0 Å². The maximum Gasteiger partial charge on any atom is 0.481 e. The molecule has 2 saturated heterocycles. The van der Waals surface area contributed by atoms with E-state index in [0.29, 0.717) is 0 Å². The van der Waals surface area contributed by atoms with Gasteiger partial charge in [0.1, 0.15) is 60.7 Å². The Bertz CT molecular complexity index is 1290. The van der Waals surface area contributed by atoms with E-state index < -0.39 is 89.1 Å². The zero-order valence-corrected chi connectivity index (χ0v) is 22.6. The van der Waals surface area contributed by atoms with Gasteiger partial charge < -0.3 is 65.3 Å². The second-order valence-electron chi connectivity index (χ2n) is 8.74. The number of hydrogen-bond donors (Lipinski definition) is 10. The molecule has 2 aliphatic rings. The van der Waals surface area contributed by atoms with E-state index in [1.165, 1.54) is 10.9 Å². The van der Waals surface area contributed by atoms with Crippen molar-refractivity contribution in [3.8, 4) is 0 Å². The first-order valence-electron chi connectivity index (χ1n) is 11.3. The minimum absolute atomic E-state index is 0.0577. The van der Waals surface area contributed by atoms with Gasteiger partial charge in [-0.2, -0.15) is 0 Å². The summed E-state index contributed by atoms with van der Waals surface area (Å²) >= 11 is 4.70. The molecule has 4 heterocycles. The third kappa shape index (κ3) is 6.51. The molecule has 0 bridgehead atoms. The van der Waals surface area contributed by atoms with E-state index in [0.717, 1.165) is 6.33 Å². The molecule has 226 valence electrons. The number of nitrogen functional groups attached to an aromatic ring is 1. The van der Waals surface area contributed by atoms with Crippen LogP contribution in [0, 0.1) is 0 Å².